The summed E-state index contributed by atoms with van der Waals surface area (Å²) in [6.45, 7) is 2.00. The Kier molecular flexibility index (Phi) is 4.59. The molecular weight excluding hydrogens is 188 g/mol. The zero-order chi connectivity index (χ0) is 11.3. The van der Waals surface area contributed by atoms with Crippen molar-refractivity contribution >= 4 is 0 Å². The van der Waals surface area contributed by atoms with E-state index in [1.807, 2.05) is 31.2 Å². The van der Waals surface area contributed by atoms with Crippen molar-refractivity contribution in [3.8, 4) is 5.75 Å². The van der Waals surface area contributed by atoms with Gasteiger partial charge in [-0.1, -0.05) is 12.1 Å². The smallest absolute Gasteiger partial charge is 0.119 e. The number of nitrogens with two attached hydrogens (primary N) is 2. The second-order valence-electron chi connectivity index (χ2n) is 3.94. The first-order valence-corrected chi connectivity index (χ1v) is 5.28. The SMILES string of the molecule is COc1cccc(C(N)CCC(C)N)c1. The summed E-state index contributed by atoms with van der Waals surface area (Å²) in [7, 11) is 1.66. The standard InChI is InChI=1S/C12H20N2O/c1-9(13)6-7-12(14)10-4-3-5-11(8-10)15-2/h3-5,8-9,12H,6-7,13-14H2,1-2H3. The van der Waals surface area contributed by atoms with Crippen molar-refractivity contribution in [3.05, 3.63) is 29.8 Å². The van der Waals surface area contributed by atoms with Crippen LogP contribution in [0.2, 0.25) is 0 Å². The lowest BCUT2D eigenvalue weighted by atomic mass is 10.0. The Balaban J connectivity index is 2.60. The van der Waals surface area contributed by atoms with Gasteiger partial charge in [-0.25, -0.2) is 0 Å². The van der Waals surface area contributed by atoms with E-state index in [9.17, 15) is 0 Å². The Hall–Kier alpha value is -1.06. The van der Waals surface area contributed by atoms with E-state index in [1.165, 1.54) is 0 Å². The summed E-state index contributed by atoms with van der Waals surface area (Å²) in [5.74, 6) is 0.851. The highest BCUT2D eigenvalue weighted by molar-refractivity contribution is 5.30. The van der Waals surface area contributed by atoms with Gasteiger partial charge in [0.1, 0.15) is 5.75 Å². The highest BCUT2D eigenvalue weighted by Gasteiger charge is 2.07. The van der Waals surface area contributed by atoms with Gasteiger partial charge in [0.05, 0.1) is 7.11 Å². The normalized spacial score (nSPS) is 14.7. The molecule has 1 rings (SSSR count). The van der Waals surface area contributed by atoms with E-state index in [2.05, 4.69) is 0 Å². The van der Waals surface area contributed by atoms with E-state index in [4.69, 9.17) is 16.2 Å². The minimum absolute atomic E-state index is 0.0473. The molecular formula is C12H20N2O. The molecule has 84 valence electrons. The molecule has 0 saturated heterocycles. The Bertz CT molecular complexity index is 299. The Labute approximate surface area is 91.4 Å². The summed E-state index contributed by atoms with van der Waals surface area (Å²) in [5.41, 5.74) is 12.9. The van der Waals surface area contributed by atoms with Gasteiger partial charge < -0.3 is 16.2 Å². The van der Waals surface area contributed by atoms with E-state index in [-0.39, 0.29) is 12.1 Å². The summed E-state index contributed by atoms with van der Waals surface area (Å²) < 4.78 is 5.15. The molecule has 15 heavy (non-hydrogen) atoms. The van der Waals surface area contributed by atoms with Gasteiger partial charge in [0, 0.05) is 12.1 Å². The molecule has 0 spiro atoms. The maximum atomic E-state index is 6.06. The van der Waals surface area contributed by atoms with Crippen molar-refractivity contribution in [3.63, 3.8) is 0 Å². The third-order valence-electron chi connectivity index (χ3n) is 2.45. The van der Waals surface area contributed by atoms with Crippen LogP contribution in [-0.2, 0) is 0 Å². The molecule has 0 aliphatic rings. The Morgan fingerprint density at radius 3 is 2.60 bits per heavy atom. The zero-order valence-corrected chi connectivity index (χ0v) is 9.44. The fourth-order valence-electron chi connectivity index (χ4n) is 1.48. The van der Waals surface area contributed by atoms with Crippen LogP contribution in [0.25, 0.3) is 0 Å². The van der Waals surface area contributed by atoms with Crippen LogP contribution in [0.3, 0.4) is 0 Å². The van der Waals surface area contributed by atoms with Gasteiger partial charge in [-0.05, 0) is 37.5 Å². The van der Waals surface area contributed by atoms with Gasteiger partial charge in [0.15, 0.2) is 0 Å². The average Bonchev–Trinajstić information content (AvgIpc) is 2.26. The third kappa shape index (κ3) is 3.90. The molecule has 0 saturated carbocycles. The first-order chi connectivity index (χ1) is 7.13. The first-order valence-electron chi connectivity index (χ1n) is 5.28. The van der Waals surface area contributed by atoms with Crippen LogP contribution in [0.15, 0.2) is 24.3 Å². The number of benzene rings is 1. The van der Waals surface area contributed by atoms with E-state index in [0.29, 0.717) is 0 Å². The first kappa shape index (κ1) is 12.0. The molecule has 3 heteroatoms. The van der Waals surface area contributed by atoms with Crippen molar-refractivity contribution < 1.29 is 4.74 Å². The zero-order valence-electron chi connectivity index (χ0n) is 9.44. The predicted molar refractivity (Wildman–Crippen MR) is 62.8 cm³/mol. The van der Waals surface area contributed by atoms with Crippen LogP contribution in [-0.4, -0.2) is 13.2 Å². The van der Waals surface area contributed by atoms with Crippen molar-refractivity contribution in [2.45, 2.75) is 31.8 Å². The number of ether oxygens (including phenoxy) is 1. The summed E-state index contributed by atoms with van der Waals surface area (Å²) >= 11 is 0. The molecule has 0 radical (unpaired) electrons. The van der Waals surface area contributed by atoms with Gasteiger partial charge in [-0.3, -0.25) is 0 Å². The highest BCUT2D eigenvalue weighted by Crippen LogP contribution is 2.20. The van der Waals surface area contributed by atoms with Crippen molar-refractivity contribution in [2.75, 3.05) is 7.11 Å². The second kappa shape index (κ2) is 5.73. The average molecular weight is 208 g/mol. The Morgan fingerprint density at radius 1 is 1.27 bits per heavy atom. The highest BCUT2D eigenvalue weighted by atomic mass is 16.5. The van der Waals surface area contributed by atoms with Gasteiger partial charge in [0.2, 0.25) is 0 Å². The topological polar surface area (TPSA) is 61.3 Å². The molecule has 0 aliphatic heterocycles. The monoisotopic (exact) mass is 208 g/mol. The summed E-state index contributed by atoms with van der Waals surface area (Å²) in [6.07, 6.45) is 1.85. The second-order valence-corrected chi connectivity index (χ2v) is 3.94. The number of methoxy groups -OCH3 is 1. The quantitative estimate of drug-likeness (QED) is 0.776. The van der Waals surface area contributed by atoms with E-state index in [1.54, 1.807) is 7.11 Å². The molecule has 2 unspecified atom stereocenters. The molecule has 0 aliphatic carbocycles. The molecule has 4 N–H and O–H groups in total. The maximum Gasteiger partial charge on any atom is 0.119 e. The molecule has 0 heterocycles. The minimum Gasteiger partial charge on any atom is -0.497 e. The Morgan fingerprint density at radius 2 is 2.00 bits per heavy atom. The van der Waals surface area contributed by atoms with Crippen LogP contribution >= 0.6 is 0 Å². The minimum atomic E-state index is 0.0473. The van der Waals surface area contributed by atoms with E-state index >= 15 is 0 Å². The molecule has 1 aromatic carbocycles. The van der Waals surface area contributed by atoms with Crippen molar-refractivity contribution in [1.82, 2.24) is 0 Å². The largest absolute Gasteiger partial charge is 0.497 e. The molecule has 0 bridgehead atoms. The summed E-state index contributed by atoms with van der Waals surface area (Å²) in [4.78, 5) is 0. The van der Waals surface area contributed by atoms with Crippen LogP contribution in [0.4, 0.5) is 0 Å². The van der Waals surface area contributed by atoms with Gasteiger partial charge in [-0.15, -0.1) is 0 Å². The molecule has 2 atom stereocenters. The molecule has 3 nitrogen and oxygen atoms in total. The maximum absolute atomic E-state index is 6.06. The lowest BCUT2D eigenvalue weighted by molar-refractivity contribution is 0.413. The number of rotatable bonds is 5. The molecule has 1 aromatic rings. The molecule has 0 amide bonds. The predicted octanol–water partition coefficient (Wildman–Crippen LogP) is 1.82. The third-order valence-corrected chi connectivity index (χ3v) is 2.45. The van der Waals surface area contributed by atoms with Crippen LogP contribution in [0, 0.1) is 0 Å². The molecule has 0 aromatic heterocycles. The number of hydrogen-bond donors (Lipinski definition) is 2. The van der Waals surface area contributed by atoms with Crippen molar-refractivity contribution in [1.29, 1.82) is 0 Å². The van der Waals surface area contributed by atoms with Gasteiger partial charge >= 0.3 is 0 Å². The van der Waals surface area contributed by atoms with Crippen LogP contribution in [0.5, 0.6) is 5.75 Å². The van der Waals surface area contributed by atoms with Gasteiger partial charge in [0.25, 0.3) is 0 Å². The molecule has 0 fully saturated rings. The summed E-state index contributed by atoms with van der Waals surface area (Å²) in [5, 5.41) is 0. The summed E-state index contributed by atoms with van der Waals surface area (Å²) in [6, 6.07) is 8.13. The number of hydrogen-bond acceptors (Lipinski definition) is 3. The van der Waals surface area contributed by atoms with Crippen LogP contribution in [0.1, 0.15) is 31.4 Å². The van der Waals surface area contributed by atoms with Gasteiger partial charge in [-0.2, -0.15) is 0 Å². The lowest BCUT2D eigenvalue weighted by Crippen LogP contribution is -2.18. The lowest BCUT2D eigenvalue weighted by Gasteiger charge is -2.14. The van der Waals surface area contributed by atoms with Crippen LogP contribution < -0.4 is 16.2 Å². The van der Waals surface area contributed by atoms with E-state index in [0.717, 1.165) is 24.2 Å². The van der Waals surface area contributed by atoms with E-state index < -0.39 is 0 Å². The fourth-order valence-corrected chi connectivity index (χ4v) is 1.48. The van der Waals surface area contributed by atoms with Crippen molar-refractivity contribution in [2.24, 2.45) is 11.5 Å². The fraction of sp³-hybridized carbons (Fsp3) is 0.500.